The molecule has 0 bridgehead atoms. The number of aryl methyl sites for hydroxylation is 1. The summed E-state index contributed by atoms with van der Waals surface area (Å²) < 4.78 is 0. The van der Waals surface area contributed by atoms with E-state index in [1.54, 1.807) is 17.0 Å². The van der Waals surface area contributed by atoms with E-state index >= 15 is 0 Å². The SMILES string of the molecule is O=C(NCc1ccc(Cl)cc1)[C@@H](c1ccccc1)N(Cc1ccccc1)C(=O)CCc1ccccc1. The molecule has 1 N–H and O–H groups in total. The molecule has 2 amide bonds. The van der Waals surface area contributed by atoms with Crippen LogP contribution < -0.4 is 5.32 Å². The summed E-state index contributed by atoms with van der Waals surface area (Å²) in [5, 5.41) is 3.68. The highest BCUT2D eigenvalue weighted by Crippen LogP contribution is 2.25. The number of nitrogens with zero attached hydrogens (tertiary/aromatic N) is 1. The third-order valence-electron chi connectivity index (χ3n) is 6.04. The molecule has 0 radical (unpaired) electrons. The van der Waals surface area contributed by atoms with Crippen molar-refractivity contribution in [3.05, 3.63) is 143 Å². The van der Waals surface area contributed by atoms with E-state index in [0.29, 0.717) is 31.0 Å². The van der Waals surface area contributed by atoms with Gasteiger partial charge in [0.05, 0.1) is 0 Å². The maximum atomic E-state index is 13.7. The van der Waals surface area contributed by atoms with Crippen LogP contribution in [-0.4, -0.2) is 16.7 Å². The predicted octanol–water partition coefficient (Wildman–Crippen LogP) is 6.36. The topological polar surface area (TPSA) is 49.4 Å². The summed E-state index contributed by atoms with van der Waals surface area (Å²) >= 11 is 6.00. The van der Waals surface area contributed by atoms with Crippen LogP contribution in [-0.2, 0) is 29.1 Å². The summed E-state index contributed by atoms with van der Waals surface area (Å²) in [6.07, 6.45) is 0.920. The minimum absolute atomic E-state index is 0.0711. The zero-order valence-electron chi connectivity index (χ0n) is 20.0. The monoisotopic (exact) mass is 496 g/mol. The lowest BCUT2D eigenvalue weighted by Gasteiger charge is -2.32. The highest BCUT2D eigenvalue weighted by atomic mass is 35.5. The maximum Gasteiger partial charge on any atom is 0.247 e. The number of carbonyl (C=O) groups is 2. The standard InChI is InChI=1S/C31H29ClN2O2/c32-28-19-16-25(17-20-28)22-33-31(36)30(27-14-8-3-9-15-27)34(23-26-12-6-2-7-13-26)29(35)21-18-24-10-4-1-5-11-24/h1-17,19-20,30H,18,21-23H2,(H,33,36)/t30-/m1/s1. The van der Waals surface area contributed by atoms with E-state index in [4.69, 9.17) is 11.6 Å². The van der Waals surface area contributed by atoms with Crippen LogP contribution in [0.1, 0.15) is 34.7 Å². The molecule has 36 heavy (non-hydrogen) atoms. The summed E-state index contributed by atoms with van der Waals surface area (Å²) in [7, 11) is 0. The smallest absolute Gasteiger partial charge is 0.247 e. The fraction of sp³-hybridized carbons (Fsp3) is 0.161. The van der Waals surface area contributed by atoms with Gasteiger partial charge in [0.1, 0.15) is 6.04 Å². The molecular weight excluding hydrogens is 468 g/mol. The van der Waals surface area contributed by atoms with Gasteiger partial charge in [-0.3, -0.25) is 9.59 Å². The fourth-order valence-electron chi connectivity index (χ4n) is 4.14. The molecule has 0 unspecified atom stereocenters. The number of hydrogen-bond donors (Lipinski definition) is 1. The van der Waals surface area contributed by atoms with Gasteiger partial charge in [-0.1, -0.05) is 115 Å². The minimum Gasteiger partial charge on any atom is -0.350 e. The molecular formula is C31H29ClN2O2. The van der Waals surface area contributed by atoms with Gasteiger partial charge in [0.25, 0.3) is 0 Å². The van der Waals surface area contributed by atoms with Crippen LogP contribution in [0.3, 0.4) is 0 Å². The fourth-order valence-corrected chi connectivity index (χ4v) is 4.27. The summed E-state index contributed by atoms with van der Waals surface area (Å²) in [6, 6.07) is 35.8. The van der Waals surface area contributed by atoms with Crippen molar-refractivity contribution in [2.75, 3.05) is 0 Å². The van der Waals surface area contributed by atoms with Gasteiger partial charge in [-0.2, -0.15) is 0 Å². The first-order valence-electron chi connectivity index (χ1n) is 12.0. The third-order valence-corrected chi connectivity index (χ3v) is 6.29. The first-order chi connectivity index (χ1) is 17.6. The predicted molar refractivity (Wildman–Crippen MR) is 144 cm³/mol. The van der Waals surface area contributed by atoms with Crippen molar-refractivity contribution < 1.29 is 9.59 Å². The summed E-state index contributed by atoms with van der Waals surface area (Å²) in [5.74, 6) is -0.293. The summed E-state index contributed by atoms with van der Waals surface area (Å²) in [6.45, 7) is 0.680. The zero-order chi connectivity index (χ0) is 25.2. The number of carbonyl (C=O) groups excluding carboxylic acids is 2. The second-order valence-electron chi connectivity index (χ2n) is 8.65. The Labute approximate surface area is 217 Å². The van der Waals surface area contributed by atoms with Crippen molar-refractivity contribution in [1.29, 1.82) is 0 Å². The van der Waals surface area contributed by atoms with Gasteiger partial charge in [0.2, 0.25) is 11.8 Å². The van der Waals surface area contributed by atoms with E-state index < -0.39 is 6.04 Å². The second-order valence-corrected chi connectivity index (χ2v) is 9.09. The molecule has 4 rings (SSSR count). The lowest BCUT2D eigenvalue weighted by atomic mass is 10.0. The summed E-state index contributed by atoms with van der Waals surface area (Å²) in [4.78, 5) is 29.0. The van der Waals surface area contributed by atoms with Gasteiger partial charge in [0, 0.05) is 24.5 Å². The Kier molecular flexibility index (Phi) is 8.90. The second kappa shape index (κ2) is 12.7. The number of amides is 2. The molecule has 0 aliphatic heterocycles. The zero-order valence-corrected chi connectivity index (χ0v) is 20.8. The molecule has 4 nitrogen and oxygen atoms in total. The van der Waals surface area contributed by atoms with Crippen LogP contribution >= 0.6 is 11.6 Å². The number of hydrogen-bond acceptors (Lipinski definition) is 2. The van der Waals surface area contributed by atoms with Crippen molar-refractivity contribution in [2.24, 2.45) is 0 Å². The van der Waals surface area contributed by atoms with E-state index in [1.165, 1.54) is 0 Å². The Morgan fingerprint density at radius 1 is 0.694 bits per heavy atom. The molecule has 0 heterocycles. The lowest BCUT2D eigenvalue weighted by molar-refractivity contribution is -0.141. The Morgan fingerprint density at radius 2 is 1.25 bits per heavy atom. The molecule has 0 aliphatic rings. The third kappa shape index (κ3) is 7.06. The van der Waals surface area contributed by atoms with Crippen LogP contribution in [0.4, 0.5) is 0 Å². The average Bonchev–Trinajstić information content (AvgIpc) is 2.93. The molecule has 0 aromatic heterocycles. The number of halogens is 1. The number of rotatable bonds is 10. The lowest BCUT2D eigenvalue weighted by Crippen LogP contribution is -2.43. The van der Waals surface area contributed by atoms with Crippen LogP contribution in [0.5, 0.6) is 0 Å². The van der Waals surface area contributed by atoms with Crippen molar-refractivity contribution in [3.63, 3.8) is 0 Å². The quantitative estimate of drug-likeness (QED) is 0.278. The molecule has 0 aliphatic carbocycles. The maximum absolute atomic E-state index is 13.7. The molecule has 182 valence electrons. The van der Waals surface area contributed by atoms with Crippen LogP contribution in [0.25, 0.3) is 0 Å². The normalized spacial score (nSPS) is 11.5. The molecule has 0 spiro atoms. The van der Waals surface area contributed by atoms with E-state index in [-0.39, 0.29) is 11.8 Å². The van der Waals surface area contributed by atoms with Crippen molar-refractivity contribution >= 4 is 23.4 Å². The Hall–Kier alpha value is -3.89. The van der Waals surface area contributed by atoms with Gasteiger partial charge < -0.3 is 10.2 Å². The number of nitrogens with one attached hydrogen (secondary N) is 1. The molecule has 0 fully saturated rings. The molecule has 0 saturated carbocycles. The van der Waals surface area contributed by atoms with Gasteiger partial charge >= 0.3 is 0 Å². The average molecular weight is 497 g/mol. The molecule has 5 heteroatoms. The molecule has 4 aromatic carbocycles. The molecule has 4 aromatic rings. The Morgan fingerprint density at radius 3 is 1.86 bits per heavy atom. The van der Waals surface area contributed by atoms with Gasteiger partial charge in [-0.25, -0.2) is 0 Å². The molecule has 1 atom stereocenters. The first kappa shape index (κ1) is 25.2. The Balaban J connectivity index is 1.61. The first-order valence-corrected chi connectivity index (χ1v) is 12.4. The van der Waals surface area contributed by atoms with E-state index in [0.717, 1.165) is 22.3 Å². The minimum atomic E-state index is -0.762. The van der Waals surface area contributed by atoms with Crippen LogP contribution in [0, 0.1) is 0 Å². The van der Waals surface area contributed by atoms with Gasteiger partial charge in [0.15, 0.2) is 0 Å². The van der Waals surface area contributed by atoms with E-state index in [1.807, 2.05) is 103 Å². The largest absolute Gasteiger partial charge is 0.350 e. The van der Waals surface area contributed by atoms with Crippen molar-refractivity contribution in [1.82, 2.24) is 10.2 Å². The Bertz CT molecular complexity index is 1250. The molecule has 0 saturated heterocycles. The van der Waals surface area contributed by atoms with Crippen LogP contribution in [0.15, 0.2) is 115 Å². The number of benzene rings is 4. The van der Waals surface area contributed by atoms with Crippen molar-refractivity contribution in [3.8, 4) is 0 Å². The van der Waals surface area contributed by atoms with E-state index in [2.05, 4.69) is 5.32 Å². The van der Waals surface area contributed by atoms with Gasteiger partial charge in [-0.05, 0) is 40.8 Å². The highest BCUT2D eigenvalue weighted by molar-refractivity contribution is 6.30. The van der Waals surface area contributed by atoms with Crippen molar-refractivity contribution in [2.45, 2.75) is 32.0 Å². The van der Waals surface area contributed by atoms with Crippen LogP contribution in [0.2, 0.25) is 5.02 Å². The summed E-state index contributed by atoms with van der Waals surface area (Å²) in [5.41, 5.74) is 3.77. The highest BCUT2D eigenvalue weighted by Gasteiger charge is 2.31. The van der Waals surface area contributed by atoms with E-state index in [9.17, 15) is 9.59 Å². The van der Waals surface area contributed by atoms with Gasteiger partial charge in [-0.15, -0.1) is 0 Å².